The van der Waals surface area contributed by atoms with Gasteiger partial charge in [0.25, 0.3) is 0 Å². The number of hydrogen-bond donors (Lipinski definition) is 2. The molecule has 1 fully saturated rings. The SMILES string of the molecule is CCCC(C(=O)O)=C(CCN1CCOCC1)C(=O)O. The van der Waals surface area contributed by atoms with E-state index < -0.39 is 11.9 Å². The summed E-state index contributed by atoms with van der Waals surface area (Å²) in [6, 6.07) is 0. The van der Waals surface area contributed by atoms with Crippen molar-refractivity contribution in [3.63, 3.8) is 0 Å². The Bertz CT molecular complexity index is 358. The molecular weight excluding hydrogens is 250 g/mol. The summed E-state index contributed by atoms with van der Waals surface area (Å²) in [6.07, 6.45) is 1.17. The molecule has 6 nitrogen and oxygen atoms in total. The molecule has 1 aliphatic rings. The highest BCUT2D eigenvalue weighted by molar-refractivity contribution is 5.98. The van der Waals surface area contributed by atoms with E-state index in [0.29, 0.717) is 32.6 Å². The average Bonchev–Trinajstić information content (AvgIpc) is 2.38. The fraction of sp³-hybridized carbons (Fsp3) is 0.692. The molecule has 0 aromatic carbocycles. The molecule has 6 heteroatoms. The Kier molecular flexibility index (Phi) is 6.52. The number of ether oxygens (including phenoxy) is 1. The first kappa shape index (κ1) is 15.7. The summed E-state index contributed by atoms with van der Waals surface area (Å²) < 4.78 is 5.21. The first-order valence-corrected chi connectivity index (χ1v) is 6.55. The summed E-state index contributed by atoms with van der Waals surface area (Å²) in [6.45, 7) is 5.22. The van der Waals surface area contributed by atoms with Crippen LogP contribution < -0.4 is 0 Å². The van der Waals surface area contributed by atoms with Gasteiger partial charge in [-0.05, 0) is 12.8 Å². The second-order valence-electron chi connectivity index (χ2n) is 4.52. The minimum Gasteiger partial charge on any atom is -0.478 e. The van der Waals surface area contributed by atoms with Gasteiger partial charge in [-0.3, -0.25) is 4.90 Å². The highest BCUT2D eigenvalue weighted by Crippen LogP contribution is 2.16. The number of morpholine rings is 1. The zero-order chi connectivity index (χ0) is 14.3. The van der Waals surface area contributed by atoms with E-state index in [-0.39, 0.29) is 17.6 Å². The van der Waals surface area contributed by atoms with Crippen molar-refractivity contribution < 1.29 is 24.5 Å². The molecular formula is C13H21NO5. The Morgan fingerprint density at radius 2 is 1.58 bits per heavy atom. The van der Waals surface area contributed by atoms with Crippen molar-refractivity contribution >= 4 is 11.9 Å². The minimum atomic E-state index is -1.13. The van der Waals surface area contributed by atoms with Gasteiger partial charge in [-0.2, -0.15) is 0 Å². The van der Waals surface area contributed by atoms with E-state index in [1.54, 1.807) is 0 Å². The van der Waals surface area contributed by atoms with Crippen LogP contribution in [-0.4, -0.2) is 59.9 Å². The van der Waals surface area contributed by atoms with Gasteiger partial charge in [0.2, 0.25) is 0 Å². The third-order valence-electron chi connectivity index (χ3n) is 3.16. The Labute approximate surface area is 112 Å². The normalized spacial score (nSPS) is 17.9. The smallest absolute Gasteiger partial charge is 0.332 e. The zero-order valence-corrected chi connectivity index (χ0v) is 11.2. The maximum absolute atomic E-state index is 11.2. The first-order valence-electron chi connectivity index (χ1n) is 6.55. The molecule has 0 unspecified atom stereocenters. The Balaban J connectivity index is 2.72. The highest BCUT2D eigenvalue weighted by atomic mass is 16.5. The van der Waals surface area contributed by atoms with Crippen molar-refractivity contribution in [2.45, 2.75) is 26.2 Å². The first-order chi connectivity index (χ1) is 9.06. The fourth-order valence-corrected chi connectivity index (χ4v) is 2.12. The summed E-state index contributed by atoms with van der Waals surface area (Å²) in [5, 5.41) is 18.3. The number of carboxylic acid groups (broad SMARTS) is 2. The summed E-state index contributed by atoms with van der Waals surface area (Å²) in [4.78, 5) is 24.5. The van der Waals surface area contributed by atoms with Crippen LogP contribution in [0.4, 0.5) is 0 Å². The molecule has 1 heterocycles. The van der Waals surface area contributed by atoms with Crippen molar-refractivity contribution in [3.05, 3.63) is 11.1 Å². The van der Waals surface area contributed by atoms with Crippen LogP contribution >= 0.6 is 0 Å². The van der Waals surface area contributed by atoms with E-state index in [0.717, 1.165) is 13.1 Å². The number of nitrogens with zero attached hydrogens (tertiary/aromatic N) is 1. The number of rotatable bonds is 7. The number of carbonyl (C=O) groups is 2. The van der Waals surface area contributed by atoms with Gasteiger partial charge < -0.3 is 14.9 Å². The van der Waals surface area contributed by atoms with Crippen LogP contribution in [0.2, 0.25) is 0 Å². The van der Waals surface area contributed by atoms with Crippen molar-refractivity contribution in [3.8, 4) is 0 Å². The van der Waals surface area contributed by atoms with Crippen LogP contribution in [0.15, 0.2) is 11.1 Å². The molecule has 0 atom stereocenters. The second-order valence-corrected chi connectivity index (χ2v) is 4.52. The quantitative estimate of drug-likeness (QED) is 0.671. The van der Waals surface area contributed by atoms with Crippen LogP contribution in [0, 0.1) is 0 Å². The Morgan fingerprint density at radius 3 is 2.05 bits per heavy atom. The van der Waals surface area contributed by atoms with Gasteiger partial charge in [0.1, 0.15) is 0 Å². The van der Waals surface area contributed by atoms with Gasteiger partial charge in [0, 0.05) is 30.8 Å². The van der Waals surface area contributed by atoms with Crippen LogP contribution in [0.25, 0.3) is 0 Å². The summed E-state index contributed by atoms with van der Waals surface area (Å²) in [5.41, 5.74) is 0.0594. The Morgan fingerprint density at radius 1 is 1.05 bits per heavy atom. The van der Waals surface area contributed by atoms with Crippen LogP contribution in [0.1, 0.15) is 26.2 Å². The predicted molar refractivity (Wildman–Crippen MR) is 69.1 cm³/mol. The molecule has 1 aliphatic heterocycles. The van der Waals surface area contributed by atoms with Crippen molar-refractivity contribution in [2.75, 3.05) is 32.8 Å². The van der Waals surface area contributed by atoms with Crippen molar-refractivity contribution in [2.24, 2.45) is 0 Å². The number of carboxylic acids is 2. The molecule has 0 aromatic heterocycles. The standard InChI is InChI=1S/C13H21NO5/c1-2-3-10(12(15)16)11(13(17)18)4-5-14-6-8-19-9-7-14/h2-9H2,1H3,(H,15,16)(H,17,18). The van der Waals surface area contributed by atoms with E-state index in [4.69, 9.17) is 9.84 Å². The third-order valence-corrected chi connectivity index (χ3v) is 3.16. The average molecular weight is 271 g/mol. The monoisotopic (exact) mass is 271 g/mol. The summed E-state index contributed by atoms with van der Waals surface area (Å²) in [5.74, 6) is -2.25. The van der Waals surface area contributed by atoms with Gasteiger partial charge in [0.15, 0.2) is 0 Å². The molecule has 0 saturated carbocycles. The maximum atomic E-state index is 11.2. The van der Waals surface area contributed by atoms with Crippen LogP contribution in [-0.2, 0) is 14.3 Å². The topological polar surface area (TPSA) is 87.1 Å². The van der Waals surface area contributed by atoms with E-state index >= 15 is 0 Å². The van der Waals surface area contributed by atoms with Gasteiger partial charge in [-0.25, -0.2) is 9.59 Å². The van der Waals surface area contributed by atoms with E-state index in [9.17, 15) is 14.7 Å². The molecule has 0 bridgehead atoms. The van der Waals surface area contributed by atoms with Crippen molar-refractivity contribution in [1.29, 1.82) is 0 Å². The fourth-order valence-electron chi connectivity index (χ4n) is 2.12. The van der Waals surface area contributed by atoms with Gasteiger partial charge in [-0.1, -0.05) is 13.3 Å². The lowest BCUT2D eigenvalue weighted by atomic mass is 10.0. The molecule has 0 radical (unpaired) electrons. The molecule has 0 aliphatic carbocycles. The number of hydrogen-bond acceptors (Lipinski definition) is 4. The van der Waals surface area contributed by atoms with Gasteiger partial charge in [-0.15, -0.1) is 0 Å². The highest BCUT2D eigenvalue weighted by Gasteiger charge is 2.20. The predicted octanol–water partition coefficient (Wildman–Crippen LogP) is 0.975. The Hall–Kier alpha value is -1.40. The number of aliphatic carboxylic acids is 2. The molecule has 1 rings (SSSR count). The molecule has 0 spiro atoms. The summed E-state index contributed by atoms with van der Waals surface area (Å²) >= 11 is 0. The summed E-state index contributed by atoms with van der Waals surface area (Å²) in [7, 11) is 0. The van der Waals surface area contributed by atoms with Crippen LogP contribution in [0.3, 0.4) is 0 Å². The van der Waals surface area contributed by atoms with Gasteiger partial charge >= 0.3 is 11.9 Å². The van der Waals surface area contributed by atoms with Crippen molar-refractivity contribution in [1.82, 2.24) is 4.90 Å². The lowest BCUT2D eigenvalue weighted by molar-refractivity contribution is -0.136. The zero-order valence-electron chi connectivity index (χ0n) is 11.2. The molecule has 19 heavy (non-hydrogen) atoms. The van der Waals surface area contributed by atoms with Gasteiger partial charge in [0.05, 0.1) is 13.2 Å². The molecule has 0 aromatic rings. The van der Waals surface area contributed by atoms with Crippen LogP contribution in [0.5, 0.6) is 0 Å². The lowest BCUT2D eigenvalue weighted by Crippen LogP contribution is -2.37. The largest absolute Gasteiger partial charge is 0.478 e. The molecule has 1 saturated heterocycles. The van der Waals surface area contributed by atoms with E-state index in [1.807, 2.05) is 6.92 Å². The third kappa shape index (κ3) is 5.00. The maximum Gasteiger partial charge on any atom is 0.332 e. The molecule has 2 N–H and O–H groups in total. The second kappa shape index (κ2) is 7.91. The molecule has 108 valence electrons. The van der Waals surface area contributed by atoms with E-state index in [2.05, 4.69) is 4.90 Å². The lowest BCUT2D eigenvalue weighted by Gasteiger charge is -2.26. The van der Waals surface area contributed by atoms with E-state index in [1.165, 1.54) is 0 Å². The minimum absolute atomic E-state index is 0.0286. The molecule has 0 amide bonds.